The predicted octanol–water partition coefficient (Wildman–Crippen LogP) is 4.30. The molecule has 2 amide bonds. The van der Waals surface area contributed by atoms with Gasteiger partial charge in [-0.25, -0.2) is 0 Å². The normalized spacial score (nSPS) is 16.6. The summed E-state index contributed by atoms with van der Waals surface area (Å²) in [6, 6.07) is 21.5. The van der Waals surface area contributed by atoms with E-state index in [1.807, 2.05) is 65.6 Å². The van der Waals surface area contributed by atoms with Gasteiger partial charge in [0.05, 0.1) is 25.8 Å². The number of ether oxygens (including phenoxy) is 1. The number of methoxy groups -OCH3 is 1. The van der Waals surface area contributed by atoms with E-state index < -0.39 is 0 Å². The highest BCUT2D eigenvalue weighted by molar-refractivity contribution is 5.89. The zero-order chi connectivity index (χ0) is 23.2. The minimum atomic E-state index is -0.365. The van der Waals surface area contributed by atoms with Crippen LogP contribution in [-0.4, -0.2) is 41.3 Å². The van der Waals surface area contributed by atoms with Crippen LogP contribution >= 0.6 is 0 Å². The van der Waals surface area contributed by atoms with Crippen LogP contribution in [0.5, 0.6) is 5.75 Å². The Balaban J connectivity index is 1.52. The van der Waals surface area contributed by atoms with Gasteiger partial charge in [-0.2, -0.15) is 0 Å². The van der Waals surface area contributed by atoms with Gasteiger partial charge in [-0.1, -0.05) is 48.5 Å². The first kappa shape index (κ1) is 22.6. The second-order valence-corrected chi connectivity index (χ2v) is 8.57. The maximum absolute atomic E-state index is 13.7. The molecule has 0 bridgehead atoms. The second kappa shape index (κ2) is 10.4. The molecule has 0 aliphatic carbocycles. The maximum Gasteiger partial charge on any atom is 0.228 e. The summed E-state index contributed by atoms with van der Waals surface area (Å²) >= 11 is 0. The highest BCUT2D eigenvalue weighted by atomic mass is 16.5. The zero-order valence-electron chi connectivity index (χ0n) is 19.1. The summed E-state index contributed by atoms with van der Waals surface area (Å²) in [6.45, 7) is 3.36. The standard InChI is InChI=1S/C27H30N2O4/c1-20(15-22-11-6-7-13-25(22)32-2)29(17-21-9-4-3-5-10-21)27(31)23-16-26(30)28(18-23)19-24-12-8-14-33-24/h3-14,20,23H,15-19H2,1-2H3. The quantitative estimate of drug-likeness (QED) is 0.492. The first-order valence-corrected chi connectivity index (χ1v) is 11.3. The average molecular weight is 447 g/mol. The lowest BCUT2D eigenvalue weighted by Gasteiger charge is -2.32. The Hall–Kier alpha value is -3.54. The lowest BCUT2D eigenvalue weighted by atomic mass is 10.0. The first-order chi connectivity index (χ1) is 16.0. The number of likely N-dealkylation sites (tertiary alicyclic amines) is 1. The van der Waals surface area contributed by atoms with Crippen molar-refractivity contribution in [3.05, 3.63) is 89.9 Å². The number of hydrogen-bond acceptors (Lipinski definition) is 4. The fourth-order valence-electron chi connectivity index (χ4n) is 4.45. The van der Waals surface area contributed by atoms with Crippen molar-refractivity contribution in [3.63, 3.8) is 0 Å². The van der Waals surface area contributed by atoms with E-state index >= 15 is 0 Å². The summed E-state index contributed by atoms with van der Waals surface area (Å²) in [5, 5.41) is 0. The van der Waals surface area contributed by atoms with Gasteiger partial charge in [-0.3, -0.25) is 9.59 Å². The number of furan rings is 1. The lowest BCUT2D eigenvalue weighted by molar-refractivity contribution is -0.138. The summed E-state index contributed by atoms with van der Waals surface area (Å²) in [5.41, 5.74) is 2.12. The number of hydrogen-bond donors (Lipinski definition) is 0. The van der Waals surface area contributed by atoms with Crippen LogP contribution in [0.1, 0.15) is 30.2 Å². The van der Waals surface area contributed by atoms with Crippen molar-refractivity contribution in [1.82, 2.24) is 9.80 Å². The van der Waals surface area contributed by atoms with Gasteiger partial charge >= 0.3 is 0 Å². The fraction of sp³-hybridized carbons (Fsp3) is 0.333. The molecule has 0 radical (unpaired) electrons. The van der Waals surface area contributed by atoms with Crippen molar-refractivity contribution in [1.29, 1.82) is 0 Å². The van der Waals surface area contributed by atoms with Crippen LogP contribution < -0.4 is 4.74 Å². The summed E-state index contributed by atoms with van der Waals surface area (Å²) in [5.74, 6) is 1.17. The molecule has 2 atom stereocenters. The van der Waals surface area contributed by atoms with Crippen LogP contribution in [0.4, 0.5) is 0 Å². The molecule has 2 heterocycles. The number of amides is 2. The third kappa shape index (κ3) is 5.45. The zero-order valence-corrected chi connectivity index (χ0v) is 19.1. The topological polar surface area (TPSA) is 63.0 Å². The van der Waals surface area contributed by atoms with Crippen molar-refractivity contribution >= 4 is 11.8 Å². The van der Waals surface area contributed by atoms with Gasteiger partial charge in [-0.15, -0.1) is 0 Å². The van der Waals surface area contributed by atoms with E-state index in [4.69, 9.17) is 9.15 Å². The van der Waals surface area contributed by atoms with E-state index in [1.165, 1.54) is 0 Å². The van der Waals surface area contributed by atoms with Gasteiger partial charge in [0.2, 0.25) is 11.8 Å². The van der Waals surface area contributed by atoms with E-state index in [1.54, 1.807) is 24.3 Å². The predicted molar refractivity (Wildman–Crippen MR) is 125 cm³/mol. The van der Waals surface area contributed by atoms with Crippen molar-refractivity contribution in [2.75, 3.05) is 13.7 Å². The Morgan fingerprint density at radius 3 is 2.61 bits per heavy atom. The summed E-state index contributed by atoms with van der Waals surface area (Å²) < 4.78 is 10.9. The van der Waals surface area contributed by atoms with E-state index in [0.29, 0.717) is 26.1 Å². The molecule has 1 fully saturated rings. The van der Waals surface area contributed by atoms with Gasteiger partial charge < -0.3 is 19.0 Å². The Kier molecular flexibility index (Phi) is 7.13. The summed E-state index contributed by atoms with van der Waals surface area (Å²) in [4.78, 5) is 30.0. The van der Waals surface area contributed by atoms with Crippen LogP contribution in [0.15, 0.2) is 77.4 Å². The lowest BCUT2D eigenvalue weighted by Crippen LogP contribution is -2.43. The van der Waals surface area contributed by atoms with Gasteiger partial charge in [0.1, 0.15) is 11.5 Å². The molecule has 172 valence electrons. The molecule has 6 nitrogen and oxygen atoms in total. The molecule has 6 heteroatoms. The molecule has 2 unspecified atom stereocenters. The third-order valence-electron chi connectivity index (χ3n) is 6.21. The molecule has 1 aliphatic heterocycles. The number of nitrogens with zero attached hydrogens (tertiary/aromatic N) is 2. The highest BCUT2D eigenvalue weighted by Gasteiger charge is 2.38. The third-order valence-corrected chi connectivity index (χ3v) is 6.21. The average Bonchev–Trinajstić information content (AvgIpc) is 3.48. The maximum atomic E-state index is 13.7. The van der Waals surface area contributed by atoms with Gasteiger partial charge in [0, 0.05) is 25.6 Å². The van der Waals surface area contributed by atoms with Gasteiger partial charge in [0.25, 0.3) is 0 Å². The van der Waals surface area contributed by atoms with Crippen LogP contribution in [0, 0.1) is 5.92 Å². The molecule has 1 saturated heterocycles. The Bertz CT molecular complexity index is 1060. The fourth-order valence-corrected chi connectivity index (χ4v) is 4.45. The number of carbonyl (C=O) groups is 2. The molecule has 0 N–H and O–H groups in total. The molecule has 1 aliphatic rings. The van der Waals surface area contributed by atoms with Crippen molar-refractivity contribution < 1.29 is 18.7 Å². The number of benzene rings is 2. The smallest absolute Gasteiger partial charge is 0.228 e. The van der Waals surface area contributed by atoms with Gasteiger partial charge in [0.15, 0.2) is 0 Å². The molecular weight excluding hydrogens is 416 g/mol. The number of para-hydroxylation sites is 1. The molecule has 1 aromatic heterocycles. The molecule has 33 heavy (non-hydrogen) atoms. The Morgan fingerprint density at radius 2 is 1.88 bits per heavy atom. The van der Waals surface area contributed by atoms with E-state index in [0.717, 1.165) is 22.6 Å². The second-order valence-electron chi connectivity index (χ2n) is 8.57. The molecule has 4 rings (SSSR count). The van der Waals surface area contributed by atoms with Crippen molar-refractivity contribution in [2.24, 2.45) is 5.92 Å². The molecule has 3 aromatic rings. The van der Waals surface area contributed by atoms with Crippen LogP contribution in [0.2, 0.25) is 0 Å². The largest absolute Gasteiger partial charge is 0.496 e. The van der Waals surface area contributed by atoms with E-state index in [-0.39, 0.29) is 30.2 Å². The van der Waals surface area contributed by atoms with Crippen molar-refractivity contribution in [3.8, 4) is 5.75 Å². The summed E-state index contributed by atoms with van der Waals surface area (Å²) in [7, 11) is 1.66. The van der Waals surface area contributed by atoms with Gasteiger partial charge in [-0.05, 0) is 42.7 Å². The first-order valence-electron chi connectivity index (χ1n) is 11.3. The monoisotopic (exact) mass is 446 g/mol. The minimum absolute atomic E-state index is 0.0107. The van der Waals surface area contributed by atoms with Crippen LogP contribution in [-0.2, 0) is 29.1 Å². The Labute approximate surface area is 194 Å². The van der Waals surface area contributed by atoms with E-state index in [2.05, 4.69) is 6.92 Å². The molecule has 0 saturated carbocycles. The summed E-state index contributed by atoms with van der Waals surface area (Å²) in [6.07, 6.45) is 2.49. The number of rotatable bonds is 9. The van der Waals surface area contributed by atoms with Crippen molar-refractivity contribution in [2.45, 2.75) is 38.9 Å². The SMILES string of the molecule is COc1ccccc1CC(C)N(Cc1ccccc1)C(=O)C1CC(=O)N(Cc2ccco2)C1. The number of carbonyl (C=O) groups excluding carboxylic acids is 2. The molecule has 2 aromatic carbocycles. The molecular formula is C27H30N2O4. The molecule has 0 spiro atoms. The van der Waals surface area contributed by atoms with Crippen LogP contribution in [0.3, 0.4) is 0 Å². The van der Waals surface area contributed by atoms with E-state index in [9.17, 15) is 9.59 Å². The Morgan fingerprint density at radius 1 is 1.12 bits per heavy atom. The van der Waals surface area contributed by atoms with Crippen LogP contribution in [0.25, 0.3) is 0 Å². The highest BCUT2D eigenvalue weighted by Crippen LogP contribution is 2.26. The minimum Gasteiger partial charge on any atom is -0.496 e.